The highest BCUT2D eigenvalue weighted by Gasteiger charge is 2.22. The van der Waals surface area contributed by atoms with E-state index in [0.717, 1.165) is 60.2 Å². The summed E-state index contributed by atoms with van der Waals surface area (Å²) in [6, 6.07) is 18.3. The second-order valence-electron chi connectivity index (χ2n) is 7.85. The molecule has 0 aliphatic carbocycles. The third-order valence-corrected chi connectivity index (χ3v) is 5.62. The Morgan fingerprint density at radius 1 is 0.966 bits per heavy atom. The molecule has 0 N–H and O–H groups in total. The van der Waals surface area contributed by atoms with E-state index in [1.165, 1.54) is 12.8 Å². The van der Waals surface area contributed by atoms with E-state index in [-0.39, 0.29) is 5.78 Å². The fourth-order valence-electron chi connectivity index (χ4n) is 4.18. The largest absolute Gasteiger partial charge is 0.381 e. The summed E-state index contributed by atoms with van der Waals surface area (Å²) in [5.41, 5.74) is 3.81. The Balaban J connectivity index is 1.78. The number of aromatic nitrogens is 1. The fourth-order valence-corrected chi connectivity index (χ4v) is 4.18. The first-order valence-corrected chi connectivity index (χ1v) is 10.9. The molecule has 0 spiro atoms. The van der Waals surface area contributed by atoms with Crippen molar-refractivity contribution in [1.82, 2.24) is 4.57 Å². The lowest BCUT2D eigenvalue weighted by Gasteiger charge is -2.18. The molecule has 0 aliphatic rings. The highest BCUT2D eigenvalue weighted by molar-refractivity contribution is 6.17. The first-order chi connectivity index (χ1) is 14.1. The van der Waals surface area contributed by atoms with Crippen molar-refractivity contribution < 1.29 is 9.53 Å². The summed E-state index contributed by atoms with van der Waals surface area (Å²) in [4.78, 5) is 13.3. The second kappa shape index (κ2) is 10.4. The van der Waals surface area contributed by atoms with Gasteiger partial charge < -0.3 is 9.30 Å². The van der Waals surface area contributed by atoms with Gasteiger partial charge in [-0.1, -0.05) is 68.3 Å². The number of fused-ring (bicyclic) bond motifs is 1. The third-order valence-electron chi connectivity index (χ3n) is 5.62. The maximum Gasteiger partial charge on any atom is 0.195 e. The topological polar surface area (TPSA) is 31.2 Å². The summed E-state index contributed by atoms with van der Waals surface area (Å²) in [6.45, 7) is 8.23. The van der Waals surface area contributed by atoms with Crippen LogP contribution in [0.1, 0.15) is 73.6 Å². The molecule has 0 amide bonds. The van der Waals surface area contributed by atoms with Crippen molar-refractivity contribution in [3.05, 3.63) is 71.4 Å². The van der Waals surface area contributed by atoms with Gasteiger partial charge in [0, 0.05) is 41.4 Å². The van der Waals surface area contributed by atoms with Crippen LogP contribution in [-0.4, -0.2) is 23.6 Å². The molecule has 3 aromatic rings. The van der Waals surface area contributed by atoms with Crippen LogP contribution in [0.4, 0.5) is 0 Å². The van der Waals surface area contributed by atoms with E-state index in [1.807, 2.05) is 36.4 Å². The van der Waals surface area contributed by atoms with E-state index in [0.29, 0.717) is 6.04 Å². The zero-order valence-electron chi connectivity index (χ0n) is 18.0. The van der Waals surface area contributed by atoms with Crippen molar-refractivity contribution in [2.75, 3.05) is 13.2 Å². The lowest BCUT2D eigenvalue weighted by Crippen LogP contribution is -2.09. The van der Waals surface area contributed by atoms with Gasteiger partial charge in [-0.3, -0.25) is 4.79 Å². The van der Waals surface area contributed by atoms with Crippen LogP contribution in [0.3, 0.4) is 0 Å². The monoisotopic (exact) mass is 391 g/mol. The third kappa shape index (κ3) is 4.97. The number of carbonyl (C=O) groups excluding carboxylic acids is 1. The predicted octanol–water partition coefficient (Wildman–Crippen LogP) is 6.73. The summed E-state index contributed by atoms with van der Waals surface area (Å²) >= 11 is 0. The van der Waals surface area contributed by atoms with E-state index in [2.05, 4.69) is 43.5 Å². The SMILES string of the molecule is CCCOCCCCCC(C)n1c(C)c(C(=O)c2ccccc2)c2ccccc21. The highest BCUT2D eigenvalue weighted by atomic mass is 16.5. The predicted molar refractivity (Wildman–Crippen MR) is 121 cm³/mol. The quantitative estimate of drug-likeness (QED) is 0.268. The molecule has 154 valence electrons. The van der Waals surface area contributed by atoms with Crippen LogP contribution in [0.2, 0.25) is 0 Å². The summed E-state index contributed by atoms with van der Waals surface area (Å²) in [5.74, 6) is 0.110. The number of ketones is 1. The minimum Gasteiger partial charge on any atom is -0.381 e. The number of hydrogen-bond donors (Lipinski definition) is 0. The van der Waals surface area contributed by atoms with Gasteiger partial charge in [-0.25, -0.2) is 0 Å². The average Bonchev–Trinajstić information content (AvgIpc) is 3.05. The molecule has 3 nitrogen and oxygen atoms in total. The standard InChI is InChI=1S/C26H33NO2/c1-4-18-29-19-12-6-7-13-20(2)27-21(3)25(23-16-10-11-17-24(23)27)26(28)22-14-8-5-9-15-22/h5,8-11,14-17,20H,4,6-7,12-13,18-19H2,1-3H3. The van der Waals surface area contributed by atoms with Crippen molar-refractivity contribution in [2.24, 2.45) is 0 Å². The van der Waals surface area contributed by atoms with Gasteiger partial charge in [-0.05, 0) is 39.2 Å². The Morgan fingerprint density at radius 3 is 2.45 bits per heavy atom. The van der Waals surface area contributed by atoms with Gasteiger partial charge in [0.05, 0.1) is 5.56 Å². The van der Waals surface area contributed by atoms with Crippen molar-refractivity contribution in [3.8, 4) is 0 Å². The lowest BCUT2D eigenvalue weighted by molar-refractivity contribution is 0.103. The van der Waals surface area contributed by atoms with E-state index in [4.69, 9.17) is 4.74 Å². The van der Waals surface area contributed by atoms with Gasteiger partial charge in [-0.15, -0.1) is 0 Å². The van der Waals surface area contributed by atoms with Gasteiger partial charge >= 0.3 is 0 Å². The molecule has 3 heteroatoms. The van der Waals surface area contributed by atoms with Gasteiger partial charge in [0.1, 0.15) is 0 Å². The molecule has 2 aromatic carbocycles. The average molecular weight is 392 g/mol. The Bertz CT molecular complexity index is 927. The molecule has 0 fully saturated rings. The molecule has 0 saturated heterocycles. The van der Waals surface area contributed by atoms with Crippen LogP contribution in [-0.2, 0) is 4.74 Å². The lowest BCUT2D eigenvalue weighted by atomic mass is 10.0. The number of hydrogen-bond acceptors (Lipinski definition) is 2. The number of carbonyl (C=O) groups is 1. The molecule has 0 aliphatic heterocycles. The Morgan fingerprint density at radius 2 is 1.69 bits per heavy atom. The van der Waals surface area contributed by atoms with Crippen molar-refractivity contribution in [3.63, 3.8) is 0 Å². The number of para-hydroxylation sites is 1. The first kappa shape index (κ1) is 21.3. The van der Waals surface area contributed by atoms with Crippen molar-refractivity contribution in [1.29, 1.82) is 0 Å². The zero-order valence-corrected chi connectivity index (χ0v) is 18.0. The zero-order chi connectivity index (χ0) is 20.6. The molecule has 0 saturated carbocycles. The van der Waals surface area contributed by atoms with Crippen LogP contribution in [0.5, 0.6) is 0 Å². The minimum atomic E-state index is 0.110. The molecule has 1 aromatic heterocycles. The molecule has 1 unspecified atom stereocenters. The minimum absolute atomic E-state index is 0.110. The van der Waals surface area contributed by atoms with Gasteiger partial charge in [0.15, 0.2) is 5.78 Å². The molecule has 1 atom stereocenters. The number of ether oxygens (including phenoxy) is 1. The number of unbranched alkanes of at least 4 members (excludes halogenated alkanes) is 2. The van der Waals surface area contributed by atoms with Crippen LogP contribution in [0.25, 0.3) is 10.9 Å². The van der Waals surface area contributed by atoms with Gasteiger partial charge in [0.2, 0.25) is 0 Å². The van der Waals surface area contributed by atoms with E-state index >= 15 is 0 Å². The van der Waals surface area contributed by atoms with Crippen molar-refractivity contribution in [2.45, 2.75) is 58.9 Å². The maximum atomic E-state index is 13.3. The van der Waals surface area contributed by atoms with Crippen LogP contribution >= 0.6 is 0 Å². The van der Waals surface area contributed by atoms with Crippen LogP contribution in [0, 0.1) is 6.92 Å². The smallest absolute Gasteiger partial charge is 0.195 e. The first-order valence-electron chi connectivity index (χ1n) is 10.9. The summed E-state index contributed by atoms with van der Waals surface area (Å²) < 4.78 is 7.94. The molecule has 1 heterocycles. The molecule has 3 rings (SSSR count). The Kier molecular flexibility index (Phi) is 7.65. The van der Waals surface area contributed by atoms with Crippen LogP contribution in [0.15, 0.2) is 54.6 Å². The van der Waals surface area contributed by atoms with E-state index < -0.39 is 0 Å². The normalized spacial score (nSPS) is 12.4. The highest BCUT2D eigenvalue weighted by Crippen LogP contribution is 2.32. The van der Waals surface area contributed by atoms with Gasteiger partial charge in [-0.2, -0.15) is 0 Å². The van der Waals surface area contributed by atoms with E-state index in [9.17, 15) is 4.79 Å². The summed E-state index contributed by atoms with van der Waals surface area (Å²) in [7, 11) is 0. The maximum absolute atomic E-state index is 13.3. The fraction of sp³-hybridized carbons (Fsp3) is 0.423. The molecule has 0 bridgehead atoms. The second-order valence-corrected chi connectivity index (χ2v) is 7.85. The van der Waals surface area contributed by atoms with Crippen LogP contribution < -0.4 is 0 Å². The van der Waals surface area contributed by atoms with Gasteiger partial charge in [0.25, 0.3) is 0 Å². The molecular formula is C26H33NO2. The Labute approximate surface area is 174 Å². The Hall–Kier alpha value is -2.39. The number of nitrogens with zero attached hydrogens (tertiary/aromatic N) is 1. The molecule has 29 heavy (non-hydrogen) atoms. The molecule has 0 radical (unpaired) electrons. The van der Waals surface area contributed by atoms with E-state index in [1.54, 1.807) is 0 Å². The summed E-state index contributed by atoms with van der Waals surface area (Å²) in [5, 5.41) is 1.05. The number of rotatable bonds is 11. The summed E-state index contributed by atoms with van der Waals surface area (Å²) in [6.07, 6.45) is 5.66. The number of benzene rings is 2. The molecular weight excluding hydrogens is 358 g/mol. The van der Waals surface area contributed by atoms with Crippen molar-refractivity contribution >= 4 is 16.7 Å².